The highest BCUT2D eigenvalue weighted by atomic mass is 16.1. The molecule has 4 aromatic carbocycles. The monoisotopic (exact) mass is 480 g/mol. The van der Waals surface area contributed by atoms with Crippen molar-refractivity contribution in [2.75, 3.05) is 10.6 Å². The molecule has 0 saturated heterocycles. The Morgan fingerprint density at radius 3 is 2.24 bits per heavy atom. The molecule has 1 amide bonds. The van der Waals surface area contributed by atoms with Gasteiger partial charge in [0.05, 0.1) is 16.6 Å². The van der Waals surface area contributed by atoms with Crippen LogP contribution in [-0.2, 0) is 6.54 Å². The largest absolute Gasteiger partial charge is 0.381 e. The Morgan fingerprint density at radius 1 is 0.676 bits per heavy atom. The molecule has 37 heavy (non-hydrogen) atoms. The van der Waals surface area contributed by atoms with E-state index < -0.39 is 0 Å². The SMILES string of the molecule is O=C(Nc1ccccc1-c1cccc(NCc2ccnc3ccccc23)c1)c1ccnc2ccccc12. The number of nitrogens with one attached hydrogen (secondary N) is 2. The van der Waals surface area contributed by atoms with E-state index in [4.69, 9.17) is 0 Å². The fourth-order valence-corrected chi connectivity index (χ4v) is 4.63. The Labute approximate surface area is 214 Å². The molecule has 2 aromatic heterocycles. The first-order chi connectivity index (χ1) is 18.3. The van der Waals surface area contributed by atoms with Gasteiger partial charge in [0.25, 0.3) is 5.91 Å². The molecule has 0 spiro atoms. The summed E-state index contributed by atoms with van der Waals surface area (Å²) >= 11 is 0. The number of hydrogen-bond acceptors (Lipinski definition) is 4. The van der Waals surface area contributed by atoms with Gasteiger partial charge in [0, 0.05) is 46.6 Å². The first kappa shape index (κ1) is 22.4. The predicted octanol–water partition coefficient (Wildman–Crippen LogP) is 7.31. The van der Waals surface area contributed by atoms with Crippen LogP contribution in [0.15, 0.2) is 122 Å². The van der Waals surface area contributed by atoms with E-state index >= 15 is 0 Å². The predicted molar refractivity (Wildman–Crippen MR) is 151 cm³/mol. The van der Waals surface area contributed by atoms with Crippen molar-refractivity contribution < 1.29 is 4.79 Å². The molecule has 6 aromatic rings. The lowest BCUT2D eigenvalue weighted by atomic mass is 10.0. The van der Waals surface area contributed by atoms with E-state index in [9.17, 15) is 4.79 Å². The highest BCUT2D eigenvalue weighted by Crippen LogP contribution is 2.31. The van der Waals surface area contributed by atoms with Crippen LogP contribution in [0.25, 0.3) is 32.9 Å². The molecule has 2 heterocycles. The molecule has 0 aliphatic carbocycles. The van der Waals surface area contributed by atoms with Crippen LogP contribution in [0.2, 0.25) is 0 Å². The molecule has 0 aliphatic rings. The molecule has 6 rings (SSSR count). The van der Waals surface area contributed by atoms with Crippen LogP contribution in [-0.4, -0.2) is 15.9 Å². The maximum Gasteiger partial charge on any atom is 0.256 e. The molecule has 0 unspecified atom stereocenters. The first-order valence-electron chi connectivity index (χ1n) is 12.2. The molecule has 0 radical (unpaired) electrons. The molecule has 0 fully saturated rings. The number of anilines is 2. The average Bonchev–Trinajstić information content (AvgIpc) is 2.96. The van der Waals surface area contributed by atoms with Gasteiger partial charge in [0.2, 0.25) is 0 Å². The van der Waals surface area contributed by atoms with Gasteiger partial charge in [-0.05, 0) is 53.6 Å². The number of rotatable bonds is 6. The normalized spacial score (nSPS) is 10.9. The Hall–Kier alpha value is -5.03. The van der Waals surface area contributed by atoms with Gasteiger partial charge < -0.3 is 10.6 Å². The summed E-state index contributed by atoms with van der Waals surface area (Å²) in [5, 5.41) is 8.64. The van der Waals surface area contributed by atoms with Gasteiger partial charge in [-0.25, -0.2) is 0 Å². The molecular weight excluding hydrogens is 456 g/mol. The highest BCUT2D eigenvalue weighted by Gasteiger charge is 2.13. The second kappa shape index (κ2) is 9.91. The minimum atomic E-state index is -0.162. The number of fused-ring (bicyclic) bond motifs is 2. The van der Waals surface area contributed by atoms with Crippen molar-refractivity contribution >= 4 is 39.1 Å². The van der Waals surface area contributed by atoms with E-state index in [0.29, 0.717) is 12.1 Å². The average molecular weight is 481 g/mol. The minimum Gasteiger partial charge on any atom is -0.381 e. The molecule has 0 atom stereocenters. The number of amides is 1. The third-order valence-electron chi connectivity index (χ3n) is 6.46. The third-order valence-corrected chi connectivity index (χ3v) is 6.46. The maximum atomic E-state index is 13.3. The lowest BCUT2D eigenvalue weighted by Crippen LogP contribution is -2.13. The smallest absolute Gasteiger partial charge is 0.256 e. The summed E-state index contributed by atoms with van der Waals surface area (Å²) in [5.74, 6) is -0.162. The van der Waals surface area contributed by atoms with Crippen molar-refractivity contribution in [3.63, 3.8) is 0 Å². The van der Waals surface area contributed by atoms with Crippen molar-refractivity contribution in [2.24, 2.45) is 0 Å². The van der Waals surface area contributed by atoms with Crippen molar-refractivity contribution in [3.05, 3.63) is 133 Å². The second-order valence-corrected chi connectivity index (χ2v) is 8.80. The number of benzene rings is 4. The quantitative estimate of drug-likeness (QED) is 0.262. The number of para-hydroxylation sites is 3. The van der Waals surface area contributed by atoms with Gasteiger partial charge >= 0.3 is 0 Å². The molecule has 5 nitrogen and oxygen atoms in total. The van der Waals surface area contributed by atoms with Gasteiger partial charge in [-0.1, -0.05) is 66.7 Å². The summed E-state index contributed by atoms with van der Waals surface area (Å²) < 4.78 is 0. The lowest BCUT2D eigenvalue weighted by Gasteiger charge is -2.14. The van der Waals surface area contributed by atoms with Crippen LogP contribution in [0.5, 0.6) is 0 Å². The van der Waals surface area contributed by atoms with Crippen LogP contribution in [0.1, 0.15) is 15.9 Å². The van der Waals surface area contributed by atoms with Gasteiger partial charge in [-0.2, -0.15) is 0 Å². The molecule has 2 N–H and O–H groups in total. The van der Waals surface area contributed by atoms with E-state index in [-0.39, 0.29) is 5.91 Å². The standard InChI is InChI=1S/C32H24N4O/c37-32(28-17-19-34-30-14-5-3-12-27(28)30)36-31-15-6-2-10-25(31)22-8-7-9-24(20-22)35-21-23-16-18-33-29-13-4-1-11-26(23)29/h1-20,35H,21H2,(H,36,37). The van der Waals surface area contributed by atoms with Gasteiger partial charge in [-0.15, -0.1) is 0 Å². The van der Waals surface area contributed by atoms with Crippen molar-refractivity contribution in [1.82, 2.24) is 9.97 Å². The number of carbonyl (C=O) groups excluding carboxylic acids is 1. The minimum absolute atomic E-state index is 0.162. The maximum absolute atomic E-state index is 13.3. The fraction of sp³-hybridized carbons (Fsp3) is 0.0312. The molecule has 0 bridgehead atoms. The Kier molecular flexibility index (Phi) is 6.01. The number of aromatic nitrogens is 2. The van der Waals surface area contributed by atoms with Crippen molar-refractivity contribution in [1.29, 1.82) is 0 Å². The van der Waals surface area contributed by atoms with E-state index in [2.05, 4.69) is 44.9 Å². The van der Waals surface area contributed by atoms with E-state index in [1.54, 1.807) is 12.3 Å². The Balaban J connectivity index is 1.26. The van der Waals surface area contributed by atoms with Gasteiger partial charge in [0.15, 0.2) is 0 Å². The lowest BCUT2D eigenvalue weighted by molar-refractivity contribution is 0.102. The summed E-state index contributed by atoms with van der Waals surface area (Å²) in [6.07, 6.45) is 3.52. The van der Waals surface area contributed by atoms with E-state index in [0.717, 1.165) is 44.3 Å². The number of hydrogen-bond donors (Lipinski definition) is 2. The summed E-state index contributed by atoms with van der Waals surface area (Å²) in [7, 11) is 0. The zero-order chi connectivity index (χ0) is 25.0. The van der Waals surface area contributed by atoms with Crippen molar-refractivity contribution in [2.45, 2.75) is 6.54 Å². The van der Waals surface area contributed by atoms with E-state index in [1.807, 2.05) is 85.1 Å². The molecule has 0 saturated carbocycles. The zero-order valence-electron chi connectivity index (χ0n) is 20.1. The Bertz CT molecular complexity index is 1730. The first-order valence-corrected chi connectivity index (χ1v) is 12.2. The number of carbonyl (C=O) groups is 1. The van der Waals surface area contributed by atoms with Crippen LogP contribution in [0.3, 0.4) is 0 Å². The summed E-state index contributed by atoms with van der Waals surface area (Å²) in [6, 6.07) is 35.7. The number of nitrogens with zero attached hydrogens (tertiary/aromatic N) is 2. The molecule has 0 aliphatic heterocycles. The van der Waals surface area contributed by atoms with E-state index in [1.165, 1.54) is 5.56 Å². The van der Waals surface area contributed by atoms with Crippen molar-refractivity contribution in [3.8, 4) is 11.1 Å². The van der Waals surface area contributed by atoms with Crippen LogP contribution in [0.4, 0.5) is 11.4 Å². The molecule has 5 heteroatoms. The van der Waals surface area contributed by atoms with Crippen LogP contribution < -0.4 is 10.6 Å². The highest BCUT2D eigenvalue weighted by molar-refractivity contribution is 6.13. The number of pyridine rings is 2. The van der Waals surface area contributed by atoms with Gasteiger partial charge in [0.1, 0.15) is 0 Å². The summed E-state index contributed by atoms with van der Waals surface area (Å²) in [5.41, 5.74) is 7.29. The van der Waals surface area contributed by atoms with Crippen LogP contribution in [0, 0.1) is 0 Å². The fourth-order valence-electron chi connectivity index (χ4n) is 4.63. The molecular formula is C32H24N4O. The molecule has 178 valence electrons. The van der Waals surface area contributed by atoms with Gasteiger partial charge in [-0.3, -0.25) is 14.8 Å². The summed E-state index contributed by atoms with van der Waals surface area (Å²) in [4.78, 5) is 22.1. The third kappa shape index (κ3) is 4.62. The second-order valence-electron chi connectivity index (χ2n) is 8.80. The van der Waals surface area contributed by atoms with Crippen LogP contribution >= 0.6 is 0 Å². The zero-order valence-corrected chi connectivity index (χ0v) is 20.1. The topological polar surface area (TPSA) is 66.9 Å². The summed E-state index contributed by atoms with van der Waals surface area (Å²) in [6.45, 7) is 0.681. The Morgan fingerprint density at radius 2 is 1.38 bits per heavy atom.